The highest BCUT2D eigenvalue weighted by Crippen LogP contribution is 2.13. The Morgan fingerprint density at radius 2 is 2.00 bits per heavy atom. The van der Waals surface area contributed by atoms with E-state index in [4.69, 9.17) is 0 Å². The third-order valence-corrected chi connectivity index (χ3v) is 4.28. The van der Waals surface area contributed by atoms with Crippen molar-refractivity contribution in [2.45, 2.75) is 45.3 Å². The number of hydrogen-bond acceptors (Lipinski definition) is 4. The molecular formula is C18H29N3O2. The van der Waals surface area contributed by atoms with E-state index in [2.05, 4.69) is 15.5 Å². The summed E-state index contributed by atoms with van der Waals surface area (Å²) in [5.74, 6) is -0.00617. The number of β-amino-alcohol motifs (C(OH)–C–C–N with tert-alkyl or cyclic N) is 1. The number of amides is 1. The van der Waals surface area contributed by atoms with Crippen molar-refractivity contribution in [3.8, 4) is 0 Å². The van der Waals surface area contributed by atoms with Crippen LogP contribution in [0.1, 0.15) is 31.7 Å². The summed E-state index contributed by atoms with van der Waals surface area (Å²) < 4.78 is 0. The predicted octanol–water partition coefficient (Wildman–Crippen LogP) is 1.76. The lowest BCUT2D eigenvalue weighted by atomic mass is 10.1. The van der Waals surface area contributed by atoms with Crippen molar-refractivity contribution in [3.63, 3.8) is 0 Å². The second kappa shape index (κ2) is 9.01. The predicted molar refractivity (Wildman–Crippen MR) is 93.6 cm³/mol. The average molecular weight is 319 g/mol. The summed E-state index contributed by atoms with van der Waals surface area (Å²) in [6.07, 6.45) is 2.48. The number of aryl methyl sites for hydroxylation is 1. The molecule has 1 heterocycles. The Labute approximate surface area is 139 Å². The number of benzene rings is 1. The van der Waals surface area contributed by atoms with Gasteiger partial charge in [-0.15, -0.1) is 0 Å². The number of carbonyl (C=O) groups excluding carboxylic acids is 1. The molecule has 0 aromatic heterocycles. The van der Waals surface area contributed by atoms with Gasteiger partial charge in [0.2, 0.25) is 5.91 Å². The lowest BCUT2D eigenvalue weighted by molar-refractivity contribution is -0.116. The van der Waals surface area contributed by atoms with E-state index in [1.54, 1.807) is 0 Å². The van der Waals surface area contributed by atoms with Crippen LogP contribution < -0.4 is 10.6 Å². The highest BCUT2D eigenvalue weighted by molar-refractivity contribution is 5.91. The molecule has 1 aliphatic heterocycles. The van der Waals surface area contributed by atoms with Crippen molar-refractivity contribution in [2.24, 2.45) is 0 Å². The van der Waals surface area contributed by atoms with Crippen molar-refractivity contribution >= 4 is 11.6 Å². The number of nitrogens with one attached hydrogen (secondary N) is 2. The fraction of sp³-hybridized carbons (Fsp3) is 0.611. The van der Waals surface area contributed by atoms with Gasteiger partial charge in [-0.2, -0.15) is 0 Å². The first kappa shape index (κ1) is 17.9. The van der Waals surface area contributed by atoms with Crippen molar-refractivity contribution in [1.29, 1.82) is 0 Å². The first-order valence-electron chi connectivity index (χ1n) is 8.54. The Morgan fingerprint density at radius 3 is 2.70 bits per heavy atom. The molecule has 0 saturated carbocycles. The third-order valence-electron chi connectivity index (χ3n) is 4.28. The van der Waals surface area contributed by atoms with E-state index in [1.807, 2.05) is 38.1 Å². The largest absolute Gasteiger partial charge is 0.390 e. The number of rotatable bonds is 8. The second-order valence-electron chi connectivity index (χ2n) is 6.54. The minimum Gasteiger partial charge on any atom is -0.390 e. The minimum atomic E-state index is -0.380. The Morgan fingerprint density at radius 1 is 1.30 bits per heavy atom. The molecule has 5 heteroatoms. The van der Waals surface area contributed by atoms with Crippen molar-refractivity contribution in [3.05, 3.63) is 29.8 Å². The highest BCUT2D eigenvalue weighted by atomic mass is 16.3. The SMILES string of the molecule is Cc1ccccc1NC(=O)CC(C)NCC(O)CN1CCCC1. The van der Waals surface area contributed by atoms with Crippen LogP contribution in [0.5, 0.6) is 0 Å². The molecule has 1 fully saturated rings. The minimum absolute atomic E-state index is 0.00617. The molecule has 1 aliphatic rings. The molecule has 0 bridgehead atoms. The van der Waals surface area contributed by atoms with Crippen LogP contribution >= 0.6 is 0 Å². The van der Waals surface area contributed by atoms with Crippen LogP contribution in [0, 0.1) is 6.92 Å². The van der Waals surface area contributed by atoms with Crippen LogP contribution in [0.3, 0.4) is 0 Å². The molecule has 2 rings (SSSR count). The number of likely N-dealkylation sites (tertiary alicyclic amines) is 1. The standard InChI is InChI=1S/C18H29N3O2/c1-14-7-3-4-8-17(14)20-18(23)11-15(2)19-12-16(22)13-21-9-5-6-10-21/h3-4,7-8,15-16,19,22H,5-6,9-13H2,1-2H3,(H,20,23). The zero-order valence-corrected chi connectivity index (χ0v) is 14.2. The van der Waals surface area contributed by atoms with E-state index < -0.39 is 0 Å². The zero-order valence-electron chi connectivity index (χ0n) is 14.2. The maximum atomic E-state index is 12.1. The smallest absolute Gasteiger partial charge is 0.225 e. The molecule has 128 valence electrons. The normalized spacial score (nSPS) is 17.9. The quantitative estimate of drug-likeness (QED) is 0.683. The highest BCUT2D eigenvalue weighted by Gasteiger charge is 2.17. The summed E-state index contributed by atoms with van der Waals surface area (Å²) >= 11 is 0. The van der Waals surface area contributed by atoms with Gasteiger partial charge in [0, 0.05) is 31.2 Å². The fourth-order valence-corrected chi connectivity index (χ4v) is 2.93. The maximum Gasteiger partial charge on any atom is 0.225 e. The van der Waals surface area contributed by atoms with Gasteiger partial charge >= 0.3 is 0 Å². The molecule has 1 aromatic rings. The van der Waals surface area contributed by atoms with Gasteiger partial charge in [-0.25, -0.2) is 0 Å². The molecule has 1 saturated heterocycles. The number of anilines is 1. The van der Waals surface area contributed by atoms with Crippen molar-refractivity contribution < 1.29 is 9.90 Å². The number of aliphatic hydroxyl groups is 1. The summed E-state index contributed by atoms with van der Waals surface area (Å²) in [7, 11) is 0. The monoisotopic (exact) mass is 319 g/mol. The van der Waals surface area contributed by atoms with Crippen LogP contribution in [-0.4, -0.2) is 54.2 Å². The lowest BCUT2D eigenvalue weighted by Gasteiger charge is -2.21. The van der Waals surface area contributed by atoms with Crippen LogP contribution in [0.25, 0.3) is 0 Å². The van der Waals surface area contributed by atoms with E-state index in [9.17, 15) is 9.90 Å². The molecule has 3 N–H and O–H groups in total. The summed E-state index contributed by atoms with van der Waals surface area (Å²) in [6, 6.07) is 7.79. The Balaban J connectivity index is 1.66. The molecule has 0 radical (unpaired) electrons. The maximum absolute atomic E-state index is 12.1. The lowest BCUT2D eigenvalue weighted by Crippen LogP contribution is -2.41. The third kappa shape index (κ3) is 6.29. The van der Waals surface area contributed by atoms with Crippen LogP contribution in [0.2, 0.25) is 0 Å². The van der Waals surface area contributed by atoms with Gasteiger partial charge in [-0.1, -0.05) is 18.2 Å². The van der Waals surface area contributed by atoms with Gasteiger partial charge in [0.25, 0.3) is 0 Å². The van der Waals surface area contributed by atoms with Gasteiger partial charge in [-0.3, -0.25) is 4.79 Å². The number of hydrogen-bond donors (Lipinski definition) is 3. The van der Waals surface area contributed by atoms with E-state index in [0.29, 0.717) is 13.0 Å². The molecule has 1 amide bonds. The summed E-state index contributed by atoms with van der Waals surface area (Å²) in [5, 5.41) is 16.2. The first-order valence-corrected chi connectivity index (χ1v) is 8.54. The molecular weight excluding hydrogens is 290 g/mol. The van der Waals surface area contributed by atoms with Crippen LogP contribution in [0.4, 0.5) is 5.69 Å². The average Bonchev–Trinajstić information content (AvgIpc) is 3.00. The van der Waals surface area contributed by atoms with Crippen molar-refractivity contribution in [1.82, 2.24) is 10.2 Å². The summed E-state index contributed by atoms with van der Waals surface area (Å²) in [6.45, 7) is 7.37. The van der Waals surface area contributed by atoms with E-state index >= 15 is 0 Å². The van der Waals surface area contributed by atoms with Gasteiger partial charge < -0.3 is 20.6 Å². The summed E-state index contributed by atoms with van der Waals surface area (Å²) in [5.41, 5.74) is 1.92. The molecule has 1 aromatic carbocycles. The number of aliphatic hydroxyl groups excluding tert-OH is 1. The number of carbonyl (C=O) groups is 1. The van der Waals surface area contributed by atoms with E-state index in [1.165, 1.54) is 12.8 Å². The first-order chi connectivity index (χ1) is 11.0. The van der Waals surface area contributed by atoms with Gasteiger partial charge in [0.05, 0.1) is 6.10 Å². The number of para-hydroxylation sites is 1. The van der Waals surface area contributed by atoms with Gasteiger partial charge in [0.15, 0.2) is 0 Å². The molecule has 0 spiro atoms. The molecule has 0 aliphatic carbocycles. The Bertz CT molecular complexity index is 501. The fourth-order valence-electron chi connectivity index (χ4n) is 2.93. The zero-order chi connectivity index (χ0) is 16.7. The second-order valence-corrected chi connectivity index (χ2v) is 6.54. The topological polar surface area (TPSA) is 64.6 Å². The Hall–Kier alpha value is -1.43. The van der Waals surface area contributed by atoms with Crippen molar-refractivity contribution in [2.75, 3.05) is 31.5 Å². The Kier molecular flexibility index (Phi) is 7.02. The van der Waals surface area contributed by atoms with E-state index in [0.717, 1.165) is 30.9 Å². The molecule has 5 nitrogen and oxygen atoms in total. The van der Waals surface area contributed by atoms with Crippen LogP contribution in [0.15, 0.2) is 24.3 Å². The molecule has 23 heavy (non-hydrogen) atoms. The number of nitrogens with zero attached hydrogens (tertiary/aromatic N) is 1. The van der Waals surface area contributed by atoms with Crippen LogP contribution in [-0.2, 0) is 4.79 Å². The summed E-state index contributed by atoms with van der Waals surface area (Å²) in [4.78, 5) is 14.4. The van der Waals surface area contributed by atoms with Gasteiger partial charge in [-0.05, 0) is 51.4 Å². The molecule has 2 atom stereocenters. The molecule has 2 unspecified atom stereocenters. The van der Waals surface area contributed by atoms with Gasteiger partial charge in [0.1, 0.15) is 0 Å². The van der Waals surface area contributed by atoms with E-state index in [-0.39, 0.29) is 18.1 Å².